The lowest BCUT2D eigenvalue weighted by Crippen LogP contribution is -1.98. The summed E-state index contributed by atoms with van der Waals surface area (Å²) in [7, 11) is 1.63. The average molecular weight is 491 g/mol. The maximum Gasteiger partial charge on any atom is 0.123 e. The zero-order valence-electron chi connectivity index (χ0n) is 20.1. The minimum Gasteiger partial charge on any atom is -0.497 e. The molecule has 0 aliphatic heterocycles. The van der Waals surface area contributed by atoms with Gasteiger partial charge in [0, 0.05) is 16.3 Å². The third kappa shape index (κ3) is 4.64. The lowest BCUT2D eigenvalue weighted by molar-refractivity contribution is 0.105. The van der Waals surface area contributed by atoms with Gasteiger partial charge >= 0.3 is 0 Å². The van der Waals surface area contributed by atoms with Crippen molar-refractivity contribution >= 4 is 21.7 Å². The summed E-state index contributed by atoms with van der Waals surface area (Å²) in [5.41, 5.74) is 4.85. The number of nitrogens with zero attached hydrogens (tertiary/aromatic N) is 4. The normalized spacial score (nSPS) is 11.3. The van der Waals surface area contributed by atoms with E-state index in [1.165, 1.54) is 12.1 Å². The summed E-state index contributed by atoms with van der Waals surface area (Å²) in [6, 6.07) is 28.3. The van der Waals surface area contributed by atoms with Crippen LogP contribution in [0.15, 0.2) is 97.2 Å². The Balaban J connectivity index is 1.30. The summed E-state index contributed by atoms with van der Waals surface area (Å²) in [5, 5.41) is 11.6. The third-order valence-electron chi connectivity index (χ3n) is 6.30. The van der Waals surface area contributed by atoms with Gasteiger partial charge in [-0.25, -0.2) is 14.1 Å². The predicted octanol–water partition coefficient (Wildman–Crippen LogP) is 6.50. The molecule has 6 aromatic rings. The molecule has 182 valence electrons. The summed E-state index contributed by atoms with van der Waals surface area (Å²) < 4.78 is 27.0. The lowest BCUT2D eigenvalue weighted by atomic mass is 10.0. The van der Waals surface area contributed by atoms with E-state index in [2.05, 4.69) is 34.6 Å². The summed E-state index contributed by atoms with van der Waals surface area (Å²) in [6.45, 7) is 0.637. The Hall–Kier alpha value is -4.62. The topological polar surface area (TPSA) is 62.1 Å². The van der Waals surface area contributed by atoms with Gasteiger partial charge in [0.1, 0.15) is 17.3 Å². The number of fused-ring (bicyclic) bond motifs is 3. The second kappa shape index (κ2) is 9.79. The molecule has 0 N–H and O–H groups in total. The maximum atomic E-state index is 14.0. The van der Waals surface area contributed by atoms with Gasteiger partial charge in [0.2, 0.25) is 0 Å². The molecule has 0 atom stereocenters. The fraction of sp³-hybridized carbons (Fsp3) is 0.100. The van der Waals surface area contributed by atoms with Gasteiger partial charge in [-0.15, -0.1) is 5.10 Å². The first-order valence-corrected chi connectivity index (χ1v) is 11.9. The molecule has 7 heteroatoms. The molecule has 0 amide bonds. The molecule has 37 heavy (non-hydrogen) atoms. The summed E-state index contributed by atoms with van der Waals surface area (Å²) >= 11 is 0. The van der Waals surface area contributed by atoms with Crippen LogP contribution in [0.2, 0.25) is 0 Å². The summed E-state index contributed by atoms with van der Waals surface area (Å²) in [4.78, 5) is 4.93. The van der Waals surface area contributed by atoms with Crippen LogP contribution in [-0.2, 0) is 18.0 Å². The highest BCUT2D eigenvalue weighted by Crippen LogP contribution is 2.31. The van der Waals surface area contributed by atoms with Crippen molar-refractivity contribution in [2.75, 3.05) is 7.11 Å². The van der Waals surface area contributed by atoms with Crippen molar-refractivity contribution in [3.05, 3.63) is 114 Å². The first-order valence-electron chi connectivity index (χ1n) is 11.9. The van der Waals surface area contributed by atoms with E-state index in [4.69, 9.17) is 14.5 Å². The number of pyridine rings is 1. The minimum absolute atomic E-state index is 0.294. The smallest absolute Gasteiger partial charge is 0.123 e. The molecule has 0 bridgehead atoms. The molecule has 6 nitrogen and oxygen atoms in total. The fourth-order valence-corrected chi connectivity index (χ4v) is 4.44. The molecule has 0 fully saturated rings. The molecule has 0 saturated heterocycles. The van der Waals surface area contributed by atoms with Crippen molar-refractivity contribution in [3.63, 3.8) is 0 Å². The van der Waals surface area contributed by atoms with E-state index in [1.54, 1.807) is 17.9 Å². The number of ether oxygens (including phenoxy) is 2. The van der Waals surface area contributed by atoms with Gasteiger partial charge in [-0.05, 0) is 53.4 Å². The molecule has 0 unspecified atom stereocenters. The molecule has 0 aliphatic carbocycles. The highest BCUT2D eigenvalue weighted by molar-refractivity contribution is 6.06. The van der Waals surface area contributed by atoms with Crippen LogP contribution >= 0.6 is 0 Å². The van der Waals surface area contributed by atoms with Crippen molar-refractivity contribution in [2.45, 2.75) is 13.2 Å². The molecule has 0 aliphatic rings. The van der Waals surface area contributed by atoms with Gasteiger partial charge in [-0.2, -0.15) is 0 Å². The number of benzene rings is 4. The molecule has 6 rings (SSSR count). The van der Waals surface area contributed by atoms with Gasteiger partial charge in [0.05, 0.1) is 43.4 Å². The highest BCUT2D eigenvalue weighted by atomic mass is 19.1. The molecule has 2 heterocycles. The van der Waals surface area contributed by atoms with Crippen LogP contribution < -0.4 is 4.74 Å². The Kier molecular flexibility index (Phi) is 6.04. The van der Waals surface area contributed by atoms with Crippen LogP contribution in [0.1, 0.15) is 11.3 Å². The maximum absolute atomic E-state index is 14.0. The molecule has 0 radical (unpaired) electrons. The number of hydrogen-bond acceptors (Lipinski definition) is 5. The van der Waals surface area contributed by atoms with Crippen LogP contribution in [0, 0.1) is 5.82 Å². The average Bonchev–Trinajstić information content (AvgIpc) is 3.42. The van der Waals surface area contributed by atoms with Crippen LogP contribution in [0.25, 0.3) is 38.6 Å². The number of aromatic nitrogens is 4. The Labute approximate surface area is 212 Å². The number of methoxy groups -OCH3 is 1. The second-order valence-corrected chi connectivity index (χ2v) is 8.71. The van der Waals surface area contributed by atoms with Crippen LogP contribution in [0.3, 0.4) is 0 Å². The molecular weight excluding hydrogens is 467 g/mol. The monoisotopic (exact) mass is 490 g/mol. The van der Waals surface area contributed by atoms with Crippen molar-refractivity contribution in [1.82, 2.24) is 20.0 Å². The van der Waals surface area contributed by atoms with Crippen molar-refractivity contribution in [2.24, 2.45) is 0 Å². The third-order valence-corrected chi connectivity index (χ3v) is 6.30. The van der Waals surface area contributed by atoms with E-state index in [0.717, 1.165) is 44.2 Å². The standard InChI is InChI=1S/C30H23FN4O2/c1-36-26-12-10-25(11-13-26)35-17-24(33-34-35)19-37-18-22-16-29(21-6-4-7-23(31)15-21)32-30-27-8-3-2-5-20(27)9-14-28(22)30/h2-17H,18-19H2,1H3. The first kappa shape index (κ1) is 22.8. The number of hydrogen-bond donors (Lipinski definition) is 0. The second-order valence-electron chi connectivity index (χ2n) is 8.71. The van der Waals surface area contributed by atoms with Gasteiger partial charge in [0.15, 0.2) is 0 Å². The van der Waals surface area contributed by atoms with Gasteiger partial charge in [-0.3, -0.25) is 0 Å². The zero-order valence-corrected chi connectivity index (χ0v) is 20.1. The molecule has 0 saturated carbocycles. The van der Waals surface area contributed by atoms with E-state index in [9.17, 15) is 4.39 Å². The lowest BCUT2D eigenvalue weighted by Gasteiger charge is -2.12. The number of rotatable bonds is 7. The van der Waals surface area contributed by atoms with E-state index >= 15 is 0 Å². The minimum atomic E-state index is -0.296. The van der Waals surface area contributed by atoms with Crippen LogP contribution in [0.5, 0.6) is 5.75 Å². The Bertz CT molecular complexity index is 1710. The summed E-state index contributed by atoms with van der Waals surface area (Å²) in [5.74, 6) is 0.484. The van der Waals surface area contributed by atoms with Gasteiger partial charge in [0.25, 0.3) is 0 Å². The molecule has 4 aromatic carbocycles. The molecule has 0 spiro atoms. The Morgan fingerprint density at radius 3 is 2.54 bits per heavy atom. The van der Waals surface area contributed by atoms with Crippen molar-refractivity contribution in [3.8, 4) is 22.7 Å². The quantitative estimate of drug-likeness (QED) is 0.239. The van der Waals surface area contributed by atoms with E-state index in [1.807, 2.05) is 54.7 Å². The predicted molar refractivity (Wildman–Crippen MR) is 141 cm³/mol. The van der Waals surface area contributed by atoms with E-state index < -0.39 is 0 Å². The Morgan fingerprint density at radius 2 is 1.70 bits per heavy atom. The largest absolute Gasteiger partial charge is 0.497 e. The zero-order chi connectivity index (χ0) is 25.2. The van der Waals surface area contributed by atoms with Gasteiger partial charge < -0.3 is 9.47 Å². The first-order chi connectivity index (χ1) is 18.2. The Morgan fingerprint density at radius 1 is 0.838 bits per heavy atom. The van der Waals surface area contributed by atoms with E-state index in [0.29, 0.717) is 24.6 Å². The van der Waals surface area contributed by atoms with Crippen LogP contribution in [-0.4, -0.2) is 27.1 Å². The molecule has 2 aromatic heterocycles. The number of halogens is 1. The molecular formula is C30H23FN4O2. The van der Waals surface area contributed by atoms with E-state index in [-0.39, 0.29) is 5.82 Å². The van der Waals surface area contributed by atoms with Gasteiger partial charge in [-0.1, -0.05) is 53.7 Å². The van der Waals surface area contributed by atoms with Crippen LogP contribution in [0.4, 0.5) is 4.39 Å². The van der Waals surface area contributed by atoms with Crippen molar-refractivity contribution < 1.29 is 13.9 Å². The van der Waals surface area contributed by atoms with Crippen molar-refractivity contribution in [1.29, 1.82) is 0 Å². The SMILES string of the molecule is COc1ccc(-n2cc(COCc3cc(-c4cccc(F)c4)nc4c3ccc3ccccc34)nn2)cc1. The fourth-order valence-electron chi connectivity index (χ4n) is 4.44. The highest BCUT2D eigenvalue weighted by Gasteiger charge is 2.12. The summed E-state index contributed by atoms with van der Waals surface area (Å²) in [6.07, 6.45) is 1.85.